The summed E-state index contributed by atoms with van der Waals surface area (Å²) in [5, 5.41) is 0.354. The van der Waals surface area contributed by atoms with Crippen molar-refractivity contribution in [3.05, 3.63) is 17.7 Å². The number of unbranched alkanes of at least 4 members (excludes halogenated alkanes) is 1. The van der Waals surface area contributed by atoms with Crippen molar-refractivity contribution in [1.82, 2.24) is 14.5 Å². The van der Waals surface area contributed by atoms with Crippen molar-refractivity contribution >= 4 is 17.5 Å². The van der Waals surface area contributed by atoms with Crippen molar-refractivity contribution < 1.29 is 4.79 Å². The van der Waals surface area contributed by atoms with Gasteiger partial charge in [0, 0.05) is 26.0 Å². The SMILES string of the molecule is CCCCN(C)C(=O)Cn1ccnc1Cl. The average Bonchev–Trinajstić information content (AvgIpc) is 2.61. The van der Waals surface area contributed by atoms with Gasteiger partial charge in [0.05, 0.1) is 0 Å². The van der Waals surface area contributed by atoms with E-state index in [1.807, 2.05) is 7.05 Å². The average molecular weight is 230 g/mol. The molecule has 1 heterocycles. The molecule has 0 atom stereocenters. The molecule has 0 aliphatic heterocycles. The second kappa shape index (κ2) is 5.75. The van der Waals surface area contributed by atoms with Gasteiger partial charge in [-0.1, -0.05) is 13.3 Å². The minimum Gasteiger partial charge on any atom is -0.344 e. The first-order valence-electron chi connectivity index (χ1n) is 5.05. The number of aromatic nitrogens is 2. The molecule has 0 radical (unpaired) electrons. The van der Waals surface area contributed by atoms with Gasteiger partial charge in [0.15, 0.2) is 0 Å². The molecular weight excluding hydrogens is 214 g/mol. The molecule has 1 amide bonds. The summed E-state index contributed by atoms with van der Waals surface area (Å²) in [4.78, 5) is 17.3. The Labute approximate surface area is 94.8 Å². The second-order valence-electron chi connectivity index (χ2n) is 3.49. The van der Waals surface area contributed by atoms with Gasteiger partial charge in [0.1, 0.15) is 6.54 Å². The molecule has 5 heteroatoms. The number of halogens is 1. The minimum absolute atomic E-state index is 0.0587. The van der Waals surface area contributed by atoms with Crippen LogP contribution in [0.25, 0.3) is 0 Å². The molecule has 15 heavy (non-hydrogen) atoms. The third-order valence-corrected chi connectivity index (χ3v) is 2.56. The molecule has 0 N–H and O–H groups in total. The largest absolute Gasteiger partial charge is 0.344 e. The molecule has 0 fully saturated rings. The highest BCUT2D eigenvalue weighted by atomic mass is 35.5. The summed E-state index contributed by atoms with van der Waals surface area (Å²) >= 11 is 5.77. The van der Waals surface area contributed by atoms with E-state index in [2.05, 4.69) is 11.9 Å². The summed E-state index contributed by atoms with van der Waals surface area (Å²) < 4.78 is 1.63. The van der Waals surface area contributed by atoms with Crippen LogP contribution in [0.3, 0.4) is 0 Å². The second-order valence-corrected chi connectivity index (χ2v) is 3.83. The summed E-state index contributed by atoms with van der Waals surface area (Å²) in [5.74, 6) is 0.0587. The first kappa shape index (κ1) is 12.0. The van der Waals surface area contributed by atoms with E-state index < -0.39 is 0 Å². The number of hydrogen-bond donors (Lipinski definition) is 0. The fourth-order valence-electron chi connectivity index (χ4n) is 1.22. The Morgan fingerprint density at radius 2 is 2.40 bits per heavy atom. The Morgan fingerprint density at radius 3 is 2.93 bits per heavy atom. The fraction of sp³-hybridized carbons (Fsp3) is 0.600. The van der Waals surface area contributed by atoms with Gasteiger partial charge in [-0.15, -0.1) is 0 Å². The van der Waals surface area contributed by atoms with Crippen LogP contribution < -0.4 is 0 Å². The predicted octanol–water partition coefficient (Wildman–Crippen LogP) is 1.79. The Hall–Kier alpha value is -1.03. The van der Waals surface area contributed by atoms with E-state index in [0.29, 0.717) is 5.28 Å². The van der Waals surface area contributed by atoms with Crippen LogP contribution in [0.2, 0.25) is 5.28 Å². The van der Waals surface area contributed by atoms with Gasteiger partial charge in [-0.05, 0) is 18.0 Å². The maximum Gasteiger partial charge on any atom is 0.242 e. The molecule has 0 saturated carbocycles. The van der Waals surface area contributed by atoms with Crippen molar-refractivity contribution in [3.63, 3.8) is 0 Å². The maximum atomic E-state index is 11.7. The van der Waals surface area contributed by atoms with E-state index in [1.54, 1.807) is 21.9 Å². The quantitative estimate of drug-likeness (QED) is 0.772. The standard InChI is InChI=1S/C10H16ClN3O/c1-3-4-6-13(2)9(15)8-14-7-5-12-10(14)11/h5,7H,3-4,6,8H2,1-2H3. The van der Waals surface area contributed by atoms with Crippen molar-refractivity contribution in [2.45, 2.75) is 26.3 Å². The van der Waals surface area contributed by atoms with Crippen molar-refractivity contribution in [3.8, 4) is 0 Å². The first-order valence-corrected chi connectivity index (χ1v) is 5.43. The molecule has 4 nitrogen and oxygen atoms in total. The van der Waals surface area contributed by atoms with Crippen LogP contribution >= 0.6 is 11.6 Å². The fourth-order valence-corrected chi connectivity index (χ4v) is 1.39. The molecule has 84 valence electrons. The summed E-state index contributed by atoms with van der Waals surface area (Å²) in [6, 6.07) is 0. The number of amides is 1. The third-order valence-electron chi connectivity index (χ3n) is 2.24. The number of carbonyl (C=O) groups excluding carboxylic acids is 1. The van der Waals surface area contributed by atoms with Gasteiger partial charge in [-0.2, -0.15) is 0 Å². The number of hydrogen-bond acceptors (Lipinski definition) is 2. The monoisotopic (exact) mass is 229 g/mol. The highest BCUT2D eigenvalue weighted by molar-refractivity contribution is 6.28. The van der Waals surface area contributed by atoms with E-state index >= 15 is 0 Å². The molecule has 0 aromatic carbocycles. The molecule has 0 aliphatic rings. The molecule has 0 saturated heterocycles. The Morgan fingerprint density at radius 1 is 1.67 bits per heavy atom. The van der Waals surface area contributed by atoms with Crippen LogP contribution in [0.4, 0.5) is 0 Å². The Kier molecular flexibility index (Phi) is 4.62. The van der Waals surface area contributed by atoms with Gasteiger partial charge in [0.2, 0.25) is 11.2 Å². The molecule has 1 aromatic rings. The topological polar surface area (TPSA) is 38.1 Å². The molecule has 1 aromatic heterocycles. The molecular formula is C10H16ClN3O. The van der Waals surface area contributed by atoms with E-state index in [1.165, 1.54) is 0 Å². The Balaban J connectivity index is 2.45. The number of nitrogens with zero attached hydrogens (tertiary/aromatic N) is 3. The lowest BCUT2D eigenvalue weighted by atomic mass is 10.3. The Bertz CT molecular complexity index is 324. The van der Waals surface area contributed by atoms with Crippen LogP contribution in [-0.2, 0) is 11.3 Å². The summed E-state index contributed by atoms with van der Waals surface area (Å²) in [6.07, 6.45) is 5.40. The molecule has 0 aliphatic carbocycles. The maximum absolute atomic E-state index is 11.7. The van der Waals surface area contributed by atoms with Gasteiger partial charge in [0.25, 0.3) is 0 Å². The van der Waals surface area contributed by atoms with Gasteiger partial charge >= 0.3 is 0 Å². The molecule has 1 rings (SSSR count). The zero-order valence-corrected chi connectivity index (χ0v) is 9.87. The van der Waals surface area contributed by atoms with E-state index in [0.717, 1.165) is 19.4 Å². The lowest BCUT2D eigenvalue weighted by Crippen LogP contribution is -2.30. The van der Waals surface area contributed by atoms with Crippen LogP contribution in [0.15, 0.2) is 12.4 Å². The highest BCUT2D eigenvalue weighted by Crippen LogP contribution is 2.05. The third kappa shape index (κ3) is 3.55. The van der Waals surface area contributed by atoms with E-state index in [4.69, 9.17) is 11.6 Å². The molecule has 0 spiro atoms. The van der Waals surface area contributed by atoms with Gasteiger partial charge in [-0.3, -0.25) is 4.79 Å². The van der Waals surface area contributed by atoms with E-state index in [9.17, 15) is 4.79 Å². The number of likely N-dealkylation sites (N-methyl/N-ethyl adjacent to an activating group) is 1. The van der Waals surface area contributed by atoms with Crippen molar-refractivity contribution in [2.75, 3.05) is 13.6 Å². The highest BCUT2D eigenvalue weighted by Gasteiger charge is 2.10. The number of carbonyl (C=O) groups is 1. The van der Waals surface area contributed by atoms with Crippen molar-refractivity contribution in [1.29, 1.82) is 0 Å². The van der Waals surface area contributed by atoms with Crippen LogP contribution in [-0.4, -0.2) is 34.0 Å². The summed E-state index contributed by atoms with van der Waals surface area (Å²) in [5.41, 5.74) is 0. The first-order chi connectivity index (χ1) is 7.15. The van der Waals surface area contributed by atoms with Gasteiger partial charge < -0.3 is 9.47 Å². The van der Waals surface area contributed by atoms with Crippen LogP contribution in [0.5, 0.6) is 0 Å². The van der Waals surface area contributed by atoms with Gasteiger partial charge in [-0.25, -0.2) is 4.98 Å². The predicted molar refractivity (Wildman–Crippen MR) is 59.8 cm³/mol. The molecule has 0 bridgehead atoms. The normalized spacial score (nSPS) is 10.3. The van der Waals surface area contributed by atoms with Crippen LogP contribution in [0, 0.1) is 0 Å². The zero-order valence-electron chi connectivity index (χ0n) is 9.11. The number of rotatable bonds is 5. The lowest BCUT2D eigenvalue weighted by molar-refractivity contribution is -0.130. The zero-order chi connectivity index (χ0) is 11.3. The molecule has 0 unspecified atom stereocenters. The smallest absolute Gasteiger partial charge is 0.242 e. The lowest BCUT2D eigenvalue weighted by Gasteiger charge is -2.16. The summed E-state index contributed by atoms with van der Waals surface area (Å²) in [6.45, 7) is 3.16. The number of imidazole rings is 1. The minimum atomic E-state index is 0.0587. The van der Waals surface area contributed by atoms with E-state index in [-0.39, 0.29) is 12.5 Å². The van der Waals surface area contributed by atoms with Crippen LogP contribution in [0.1, 0.15) is 19.8 Å². The summed E-state index contributed by atoms with van der Waals surface area (Å²) in [7, 11) is 1.81. The van der Waals surface area contributed by atoms with Crippen molar-refractivity contribution in [2.24, 2.45) is 0 Å².